The van der Waals surface area contributed by atoms with E-state index < -0.39 is 11.7 Å². The highest BCUT2D eigenvalue weighted by molar-refractivity contribution is 5.31. The van der Waals surface area contributed by atoms with Crippen molar-refractivity contribution in [2.75, 3.05) is 6.54 Å². The topological polar surface area (TPSA) is 47.3 Å². The molecule has 0 spiro atoms. The van der Waals surface area contributed by atoms with Gasteiger partial charge >= 0.3 is 6.18 Å². The molecule has 0 aliphatic rings. The van der Waals surface area contributed by atoms with E-state index >= 15 is 0 Å². The molecular formula is C17H19F3N2O. The molecule has 3 nitrogen and oxygen atoms in total. The third-order valence-corrected chi connectivity index (χ3v) is 3.42. The lowest BCUT2D eigenvalue weighted by Gasteiger charge is -2.20. The minimum absolute atomic E-state index is 0.289. The highest BCUT2D eigenvalue weighted by Crippen LogP contribution is 2.32. The Hall–Kier alpha value is -2.05. The van der Waals surface area contributed by atoms with Crippen molar-refractivity contribution in [3.05, 3.63) is 65.2 Å². The Morgan fingerprint density at radius 2 is 1.83 bits per heavy atom. The molecular weight excluding hydrogens is 305 g/mol. The van der Waals surface area contributed by atoms with Gasteiger partial charge < -0.3 is 4.74 Å². The summed E-state index contributed by atoms with van der Waals surface area (Å²) in [6, 6.07) is 12.5. The van der Waals surface area contributed by atoms with Crippen LogP contribution >= 0.6 is 0 Å². The van der Waals surface area contributed by atoms with Crippen LogP contribution in [0.2, 0.25) is 0 Å². The van der Waals surface area contributed by atoms with E-state index in [1.54, 1.807) is 0 Å². The van der Waals surface area contributed by atoms with Gasteiger partial charge in [0.2, 0.25) is 0 Å². The highest BCUT2D eigenvalue weighted by Gasteiger charge is 2.30. The van der Waals surface area contributed by atoms with E-state index in [1.807, 2.05) is 31.2 Å². The van der Waals surface area contributed by atoms with Crippen LogP contribution in [0.1, 0.15) is 29.2 Å². The molecule has 0 fully saturated rings. The van der Waals surface area contributed by atoms with Gasteiger partial charge in [0.05, 0.1) is 5.56 Å². The predicted octanol–water partition coefficient (Wildman–Crippen LogP) is 3.99. The van der Waals surface area contributed by atoms with Gasteiger partial charge in [-0.1, -0.05) is 29.8 Å². The summed E-state index contributed by atoms with van der Waals surface area (Å²) in [6.07, 6.45) is -4.04. The number of alkyl halides is 3. The Morgan fingerprint density at radius 3 is 2.39 bits per heavy atom. The van der Waals surface area contributed by atoms with E-state index in [9.17, 15) is 13.2 Å². The van der Waals surface area contributed by atoms with E-state index in [2.05, 4.69) is 5.43 Å². The average Bonchev–Trinajstić information content (AvgIpc) is 2.51. The van der Waals surface area contributed by atoms with E-state index in [-0.39, 0.29) is 6.10 Å². The molecule has 2 aromatic rings. The number of aryl methyl sites for hydroxylation is 1. The number of hydrazine groups is 1. The Balaban J connectivity index is 2.17. The Morgan fingerprint density at radius 1 is 1.13 bits per heavy atom. The minimum Gasteiger partial charge on any atom is -0.486 e. The number of ether oxygens (including phenoxy) is 1. The maximum atomic E-state index is 12.6. The molecule has 0 aromatic heterocycles. The van der Waals surface area contributed by atoms with E-state index in [0.29, 0.717) is 18.7 Å². The van der Waals surface area contributed by atoms with Gasteiger partial charge in [-0.05, 0) is 36.8 Å². The van der Waals surface area contributed by atoms with Gasteiger partial charge in [0.1, 0.15) is 11.9 Å². The molecule has 2 aromatic carbocycles. The van der Waals surface area contributed by atoms with Gasteiger partial charge in [-0.25, -0.2) is 0 Å². The number of hydrogen-bond acceptors (Lipinski definition) is 3. The first-order chi connectivity index (χ1) is 10.9. The molecule has 6 heteroatoms. The van der Waals surface area contributed by atoms with E-state index in [1.165, 1.54) is 12.1 Å². The third-order valence-electron chi connectivity index (χ3n) is 3.42. The number of nitrogens with two attached hydrogens (primary N) is 1. The first-order valence-corrected chi connectivity index (χ1v) is 7.24. The second-order valence-corrected chi connectivity index (χ2v) is 5.29. The minimum atomic E-state index is -4.35. The zero-order valence-corrected chi connectivity index (χ0v) is 12.7. The van der Waals surface area contributed by atoms with Gasteiger partial charge in [-0.15, -0.1) is 0 Å². The third kappa shape index (κ3) is 4.97. The molecule has 1 atom stereocenters. The summed E-state index contributed by atoms with van der Waals surface area (Å²) in [4.78, 5) is 0. The van der Waals surface area contributed by atoms with Crippen molar-refractivity contribution in [2.45, 2.75) is 25.6 Å². The smallest absolute Gasteiger partial charge is 0.416 e. The molecule has 23 heavy (non-hydrogen) atoms. The number of hydrogen-bond donors (Lipinski definition) is 2. The van der Waals surface area contributed by atoms with Crippen molar-refractivity contribution in [1.82, 2.24) is 5.43 Å². The maximum Gasteiger partial charge on any atom is 0.416 e. The van der Waals surface area contributed by atoms with Crippen LogP contribution in [0.4, 0.5) is 13.2 Å². The fourth-order valence-corrected chi connectivity index (χ4v) is 2.27. The van der Waals surface area contributed by atoms with E-state index in [4.69, 9.17) is 10.6 Å². The predicted molar refractivity (Wildman–Crippen MR) is 82.8 cm³/mol. The Kier molecular flexibility index (Phi) is 5.63. The first kappa shape index (κ1) is 17.3. The lowest BCUT2D eigenvalue weighted by Crippen LogP contribution is -2.25. The molecule has 0 saturated carbocycles. The summed E-state index contributed by atoms with van der Waals surface area (Å²) in [6.45, 7) is 2.50. The lowest BCUT2D eigenvalue weighted by atomic mass is 10.0. The van der Waals surface area contributed by atoms with Gasteiger partial charge in [-0.3, -0.25) is 11.3 Å². The highest BCUT2D eigenvalue weighted by atomic mass is 19.4. The van der Waals surface area contributed by atoms with Gasteiger partial charge in [-0.2, -0.15) is 13.2 Å². The second-order valence-electron chi connectivity index (χ2n) is 5.29. The average molecular weight is 324 g/mol. The zero-order chi connectivity index (χ0) is 16.9. The van der Waals surface area contributed by atoms with Crippen LogP contribution in [0.5, 0.6) is 5.75 Å². The fourth-order valence-electron chi connectivity index (χ4n) is 2.27. The Bertz CT molecular complexity index is 626. The van der Waals surface area contributed by atoms with Crippen LogP contribution in [0.3, 0.4) is 0 Å². The molecule has 0 heterocycles. The first-order valence-electron chi connectivity index (χ1n) is 7.24. The lowest BCUT2D eigenvalue weighted by molar-refractivity contribution is -0.137. The Labute approximate surface area is 133 Å². The number of halogens is 3. The quantitative estimate of drug-likeness (QED) is 0.624. The molecule has 0 aliphatic carbocycles. The zero-order valence-electron chi connectivity index (χ0n) is 12.7. The van der Waals surface area contributed by atoms with Crippen LogP contribution in [0, 0.1) is 6.92 Å². The van der Waals surface area contributed by atoms with Crippen molar-refractivity contribution >= 4 is 0 Å². The number of benzene rings is 2. The van der Waals surface area contributed by atoms with E-state index in [0.717, 1.165) is 23.3 Å². The summed E-state index contributed by atoms with van der Waals surface area (Å²) < 4.78 is 43.6. The summed E-state index contributed by atoms with van der Waals surface area (Å²) in [5.74, 6) is 5.71. The fraction of sp³-hybridized carbons (Fsp3) is 0.294. The van der Waals surface area contributed by atoms with Crippen molar-refractivity contribution in [2.24, 2.45) is 5.84 Å². The van der Waals surface area contributed by atoms with Crippen LogP contribution in [-0.2, 0) is 6.18 Å². The standard InChI is InChI=1S/C17H19F3N2O/c1-12-3-2-4-13(11-12)16(9-10-22-21)23-15-7-5-14(6-8-15)17(18,19)20/h2-8,11,16,22H,9-10,21H2,1H3/t16-/m1/s1. The van der Waals surface area contributed by atoms with Crippen molar-refractivity contribution in [3.63, 3.8) is 0 Å². The maximum absolute atomic E-state index is 12.6. The second kappa shape index (κ2) is 7.48. The van der Waals surface area contributed by atoms with Crippen LogP contribution in [-0.4, -0.2) is 6.54 Å². The van der Waals surface area contributed by atoms with Crippen molar-refractivity contribution < 1.29 is 17.9 Å². The number of nitrogens with one attached hydrogen (secondary N) is 1. The van der Waals surface area contributed by atoms with Gasteiger partial charge in [0.25, 0.3) is 0 Å². The van der Waals surface area contributed by atoms with Crippen molar-refractivity contribution in [1.29, 1.82) is 0 Å². The van der Waals surface area contributed by atoms with Crippen molar-refractivity contribution in [3.8, 4) is 5.75 Å². The number of rotatable bonds is 6. The summed E-state index contributed by atoms with van der Waals surface area (Å²) in [7, 11) is 0. The monoisotopic (exact) mass is 324 g/mol. The van der Waals surface area contributed by atoms with Gasteiger partial charge in [0, 0.05) is 13.0 Å². The van der Waals surface area contributed by atoms with Crippen LogP contribution < -0.4 is 16.0 Å². The summed E-state index contributed by atoms with van der Waals surface area (Å²) in [5.41, 5.74) is 3.92. The summed E-state index contributed by atoms with van der Waals surface area (Å²) in [5, 5.41) is 0. The molecule has 124 valence electrons. The van der Waals surface area contributed by atoms with Crippen LogP contribution in [0.15, 0.2) is 48.5 Å². The summed E-state index contributed by atoms with van der Waals surface area (Å²) >= 11 is 0. The molecule has 3 N–H and O–H groups in total. The molecule has 0 unspecified atom stereocenters. The largest absolute Gasteiger partial charge is 0.486 e. The molecule has 0 radical (unpaired) electrons. The molecule has 0 bridgehead atoms. The molecule has 0 aliphatic heterocycles. The van der Waals surface area contributed by atoms with Gasteiger partial charge in [0.15, 0.2) is 0 Å². The SMILES string of the molecule is Cc1cccc([C@@H](CCNN)Oc2ccc(C(F)(F)F)cc2)c1. The normalized spacial score (nSPS) is 12.9. The molecule has 2 rings (SSSR count). The van der Waals surface area contributed by atoms with Crippen LogP contribution in [0.25, 0.3) is 0 Å². The molecule has 0 amide bonds. The molecule has 0 saturated heterocycles.